The molecular formula is C19H41N5O. The van der Waals surface area contributed by atoms with Crippen LogP contribution in [0.2, 0.25) is 0 Å². The van der Waals surface area contributed by atoms with E-state index >= 15 is 0 Å². The first-order valence-corrected chi connectivity index (χ1v) is 10.2. The van der Waals surface area contributed by atoms with E-state index in [-0.39, 0.29) is 0 Å². The first-order valence-electron chi connectivity index (χ1n) is 10.2. The molecule has 0 unspecified atom stereocenters. The van der Waals surface area contributed by atoms with Crippen LogP contribution in [0, 0.1) is 0 Å². The van der Waals surface area contributed by atoms with Crippen molar-refractivity contribution in [2.75, 3.05) is 92.1 Å². The molecule has 0 radical (unpaired) electrons. The van der Waals surface area contributed by atoms with Crippen LogP contribution in [-0.4, -0.2) is 123 Å². The van der Waals surface area contributed by atoms with Crippen LogP contribution in [-0.2, 0) is 4.79 Å². The molecule has 1 heterocycles. The first kappa shape index (κ1) is 22.4. The molecule has 1 aliphatic rings. The van der Waals surface area contributed by atoms with Crippen LogP contribution in [0.5, 0.6) is 0 Å². The molecule has 1 rings (SSSR count). The van der Waals surface area contributed by atoms with Crippen molar-refractivity contribution in [1.29, 1.82) is 0 Å². The van der Waals surface area contributed by atoms with Crippen LogP contribution in [0.25, 0.3) is 0 Å². The van der Waals surface area contributed by atoms with Crippen LogP contribution in [0.1, 0.15) is 27.7 Å². The molecule has 0 bridgehead atoms. The minimum absolute atomic E-state index is 0.298. The summed E-state index contributed by atoms with van der Waals surface area (Å²) < 4.78 is 0. The summed E-state index contributed by atoms with van der Waals surface area (Å²) >= 11 is 0. The highest BCUT2D eigenvalue weighted by atomic mass is 16.2. The molecule has 0 saturated carbocycles. The fourth-order valence-corrected chi connectivity index (χ4v) is 3.26. The third-order valence-corrected chi connectivity index (χ3v) is 5.47. The standard InChI is InChI=1S/C19H41N5O/c1-6-21(7-2)12-14-23(15-13-22(8-3)9-4)18-19(25)24-16-10-20(5)11-17-24/h6-18H2,1-5H3. The summed E-state index contributed by atoms with van der Waals surface area (Å²) in [7, 11) is 2.13. The molecule has 1 aliphatic heterocycles. The van der Waals surface area contributed by atoms with Gasteiger partial charge < -0.3 is 19.6 Å². The monoisotopic (exact) mass is 355 g/mol. The van der Waals surface area contributed by atoms with Gasteiger partial charge in [0.1, 0.15) is 0 Å². The van der Waals surface area contributed by atoms with Gasteiger partial charge in [-0.15, -0.1) is 0 Å². The Bertz CT molecular complexity index is 334. The highest BCUT2D eigenvalue weighted by molar-refractivity contribution is 5.78. The van der Waals surface area contributed by atoms with Crippen LogP contribution < -0.4 is 0 Å². The minimum atomic E-state index is 0.298. The summed E-state index contributed by atoms with van der Waals surface area (Å²) in [6.45, 7) is 21.5. The smallest absolute Gasteiger partial charge is 0.236 e. The molecular weight excluding hydrogens is 314 g/mol. The molecule has 1 fully saturated rings. The van der Waals surface area contributed by atoms with Crippen LogP contribution in [0.15, 0.2) is 0 Å². The summed E-state index contributed by atoms with van der Waals surface area (Å²) in [6.07, 6.45) is 0. The maximum Gasteiger partial charge on any atom is 0.236 e. The number of nitrogens with zero attached hydrogens (tertiary/aromatic N) is 5. The van der Waals surface area contributed by atoms with Gasteiger partial charge in [0, 0.05) is 52.4 Å². The van der Waals surface area contributed by atoms with Crippen LogP contribution >= 0.6 is 0 Å². The van der Waals surface area contributed by atoms with E-state index < -0.39 is 0 Å². The number of hydrogen-bond acceptors (Lipinski definition) is 5. The van der Waals surface area contributed by atoms with E-state index in [0.717, 1.165) is 78.5 Å². The summed E-state index contributed by atoms with van der Waals surface area (Å²) in [5.74, 6) is 0.298. The zero-order valence-corrected chi connectivity index (χ0v) is 17.3. The van der Waals surface area contributed by atoms with Crippen LogP contribution in [0.3, 0.4) is 0 Å². The topological polar surface area (TPSA) is 33.3 Å². The lowest BCUT2D eigenvalue weighted by molar-refractivity contribution is -0.134. The van der Waals surface area contributed by atoms with E-state index in [0.29, 0.717) is 12.5 Å². The number of amides is 1. The average Bonchev–Trinajstić information content (AvgIpc) is 2.63. The van der Waals surface area contributed by atoms with Gasteiger partial charge in [-0.05, 0) is 33.2 Å². The number of rotatable bonds is 12. The second-order valence-corrected chi connectivity index (χ2v) is 7.01. The van der Waals surface area contributed by atoms with Crippen molar-refractivity contribution in [1.82, 2.24) is 24.5 Å². The Morgan fingerprint density at radius 3 is 1.52 bits per heavy atom. The number of carbonyl (C=O) groups is 1. The fraction of sp³-hybridized carbons (Fsp3) is 0.947. The van der Waals surface area contributed by atoms with Crippen molar-refractivity contribution in [2.45, 2.75) is 27.7 Å². The molecule has 0 atom stereocenters. The van der Waals surface area contributed by atoms with Gasteiger partial charge in [-0.3, -0.25) is 9.69 Å². The van der Waals surface area contributed by atoms with Crippen molar-refractivity contribution in [3.8, 4) is 0 Å². The molecule has 1 amide bonds. The zero-order valence-electron chi connectivity index (χ0n) is 17.3. The molecule has 0 N–H and O–H groups in total. The van der Waals surface area contributed by atoms with E-state index in [1.54, 1.807) is 0 Å². The summed E-state index contributed by atoms with van der Waals surface area (Å²) in [4.78, 5) is 24.3. The molecule has 6 heteroatoms. The van der Waals surface area contributed by atoms with Gasteiger partial charge in [-0.25, -0.2) is 0 Å². The van der Waals surface area contributed by atoms with E-state index in [1.165, 1.54) is 0 Å². The highest BCUT2D eigenvalue weighted by Gasteiger charge is 2.21. The number of likely N-dealkylation sites (N-methyl/N-ethyl adjacent to an activating group) is 3. The quantitative estimate of drug-likeness (QED) is 0.516. The fourth-order valence-electron chi connectivity index (χ4n) is 3.26. The lowest BCUT2D eigenvalue weighted by Gasteiger charge is -2.34. The van der Waals surface area contributed by atoms with E-state index in [4.69, 9.17) is 0 Å². The van der Waals surface area contributed by atoms with Gasteiger partial charge in [0.2, 0.25) is 5.91 Å². The maximum atomic E-state index is 12.7. The first-order chi connectivity index (χ1) is 12.0. The second-order valence-electron chi connectivity index (χ2n) is 7.01. The van der Waals surface area contributed by atoms with Crippen molar-refractivity contribution in [3.63, 3.8) is 0 Å². The van der Waals surface area contributed by atoms with E-state index in [9.17, 15) is 4.79 Å². The Hall–Kier alpha value is -0.690. The molecule has 0 aromatic heterocycles. The van der Waals surface area contributed by atoms with Crippen molar-refractivity contribution < 1.29 is 4.79 Å². The SMILES string of the molecule is CCN(CC)CCN(CCN(CC)CC)CC(=O)N1CCN(C)CC1. The normalized spacial score (nSPS) is 16.4. The lowest BCUT2D eigenvalue weighted by atomic mass is 10.3. The van der Waals surface area contributed by atoms with Crippen molar-refractivity contribution in [3.05, 3.63) is 0 Å². The molecule has 6 nitrogen and oxygen atoms in total. The number of hydrogen-bond donors (Lipinski definition) is 0. The van der Waals surface area contributed by atoms with Gasteiger partial charge >= 0.3 is 0 Å². The molecule has 0 aromatic carbocycles. The van der Waals surface area contributed by atoms with Gasteiger partial charge in [0.25, 0.3) is 0 Å². The predicted molar refractivity (Wildman–Crippen MR) is 106 cm³/mol. The molecule has 1 saturated heterocycles. The number of piperazine rings is 1. The van der Waals surface area contributed by atoms with Gasteiger partial charge in [-0.2, -0.15) is 0 Å². The predicted octanol–water partition coefficient (Wildman–Crippen LogP) is 0.746. The van der Waals surface area contributed by atoms with Gasteiger partial charge in [0.05, 0.1) is 6.54 Å². The molecule has 0 aromatic rings. The summed E-state index contributed by atoms with van der Waals surface area (Å²) in [5.41, 5.74) is 0. The highest BCUT2D eigenvalue weighted by Crippen LogP contribution is 2.02. The van der Waals surface area contributed by atoms with Gasteiger partial charge in [-0.1, -0.05) is 27.7 Å². The Morgan fingerprint density at radius 1 is 0.720 bits per heavy atom. The molecule has 148 valence electrons. The third-order valence-electron chi connectivity index (χ3n) is 5.47. The molecule has 0 spiro atoms. The van der Waals surface area contributed by atoms with Crippen LogP contribution in [0.4, 0.5) is 0 Å². The zero-order chi connectivity index (χ0) is 18.7. The second kappa shape index (κ2) is 12.6. The van der Waals surface area contributed by atoms with Crippen molar-refractivity contribution >= 4 is 5.91 Å². The average molecular weight is 356 g/mol. The summed E-state index contributed by atoms with van der Waals surface area (Å²) in [5, 5.41) is 0. The Kier molecular flexibility index (Phi) is 11.3. The molecule has 0 aliphatic carbocycles. The van der Waals surface area contributed by atoms with Crippen molar-refractivity contribution in [2.24, 2.45) is 0 Å². The van der Waals surface area contributed by atoms with Gasteiger partial charge in [0.15, 0.2) is 0 Å². The number of carbonyl (C=O) groups excluding carboxylic acids is 1. The lowest BCUT2D eigenvalue weighted by Crippen LogP contribution is -2.51. The Morgan fingerprint density at radius 2 is 1.12 bits per heavy atom. The van der Waals surface area contributed by atoms with E-state index in [2.05, 4.69) is 54.3 Å². The molecule has 25 heavy (non-hydrogen) atoms. The third kappa shape index (κ3) is 8.49. The Labute approximate surface area is 155 Å². The Balaban J connectivity index is 2.54. The minimum Gasteiger partial charge on any atom is -0.339 e. The summed E-state index contributed by atoms with van der Waals surface area (Å²) in [6, 6.07) is 0. The largest absolute Gasteiger partial charge is 0.339 e. The van der Waals surface area contributed by atoms with E-state index in [1.807, 2.05) is 4.90 Å². The maximum absolute atomic E-state index is 12.7.